The third-order valence-electron chi connectivity index (χ3n) is 5.39. The number of aliphatic hydroxyl groups excluding tert-OH is 1. The summed E-state index contributed by atoms with van der Waals surface area (Å²) in [6.45, 7) is -0.572. The van der Waals surface area contributed by atoms with Gasteiger partial charge in [-0.2, -0.15) is 0 Å². The second-order valence-electron chi connectivity index (χ2n) is 7.58. The predicted molar refractivity (Wildman–Crippen MR) is 122 cm³/mol. The second kappa shape index (κ2) is 9.55. The van der Waals surface area contributed by atoms with E-state index in [1.165, 1.54) is 13.2 Å². The van der Waals surface area contributed by atoms with Crippen LogP contribution in [0.25, 0.3) is 11.1 Å². The summed E-state index contributed by atoms with van der Waals surface area (Å²) in [7, 11) is 1.38. The summed E-state index contributed by atoms with van der Waals surface area (Å²) < 4.78 is 25.5. The van der Waals surface area contributed by atoms with Gasteiger partial charge in [-0.1, -0.05) is 41.4 Å². The van der Waals surface area contributed by atoms with E-state index in [2.05, 4.69) is 0 Å². The maximum atomic E-state index is 14.4. The van der Waals surface area contributed by atoms with Gasteiger partial charge in [0.05, 0.1) is 23.7 Å². The lowest BCUT2D eigenvalue weighted by Gasteiger charge is -2.20. The maximum Gasteiger partial charge on any atom is 0.261 e. The number of likely N-dealkylation sites (tertiary alicyclic amines) is 1. The van der Waals surface area contributed by atoms with Gasteiger partial charge in [-0.3, -0.25) is 14.5 Å². The first kappa shape index (κ1) is 23.3. The van der Waals surface area contributed by atoms with Gasteiger partial charge in [0.2, 0.25) is 0 Å². The highest BCUT2D eigenvalue weighted by Crippen LogP contribution is 2.44. The summed E-state index contributed by atoms with van der Waals surface area (Å²) in [5.74, 6) is -1.32. The van der Waals surface area contributed by atoms with Crippen LogP contribution in [0, 0.1) is 5.82 Å². The molecule has 0 bridgehead atoms. The van der Waals surface area contributed by atoms with Gasteiger partial charge in [0.25, 0.3) is 11.8 Å². The molecule has 6 nitrogen and oxygen atoms in total. The van der Waals surface area contributed by atoms with E-state index in [9.17, 15) is 19.1 Å². The summed E-state index contributed by atoms with van der Waals surface area (Å²) in [5, 5.41) is 11.1. The Labute approximate surface area is 199 Å². The van der Waals surface area contributed by atoms with E-state index in [-0.39, 0.29) is 30.2 Å². The third-order valence-corrected chi connectivity index (χ3v) is 6.02. The monoisotopic (exact) mass is 491 g/mol. The molecule has 1 atom stereocenters. The molecule has 2 aliphatic rings. The SMILES string of the molecule is COc1c(OC[C@H](O)CN2C(=O)C3=CCCC=C3C2=O)cc(F)cc1-c1c(Cl)cccc1Cl. The van der Waals surface area contributed by atoms with Crippen molar-refractivity contribution in [1.29, 1.82) is 0 Å². The summed E-state index contributed by atoms with van der Waals surface area (Å²) in [6, 6.07) is 7.22. The van der Waals surface area contributed by atoms with Crippen LogP contribution in [0.15, 0.2) is 53.6 Å². The van der Waals surface area contributed by atoms with Crippen LogP contribution in [0.4, 0.5) is 4.39 Å². The number of hydrogen-bond donors (Lipinski definition) is 1. The molecule has 2 aromatic rings. The average Bonchev–Trinajstić information content (AvgIpc) is 3.02. The molecule has 4 rings (SSSR count). The van der Waals surface area contributed by atoms with Gasteiger partial charge in [0, 0.05) is 28.3 Å². The number of nitrogens with zero attached hydrogens (tertiary/aromatic N) is 1. The number of ether oxygens (including phenoxy) is 2. The van der Waals surface area contributed by atoms with E-state index in [1.807, 2.05) is 0 Å². The van der Waals surface area contributed by atoms with Gasteiger partial charge in [-0.15, -0.1) is 0 Å². The molecule has 0 spiro atoms. The topological polar surface area (TPSA) is 76.1 Å². The first-order valence-corrected chi connectivity index (χ1v) is 11.0. The van der Waals surface area contributed by atoms with Crippen LogP contribution in [-0.2, 0) is 9.59 Å². The van der Waals surface area contributed by atoms with Crippen LogP contribution in [0.1, 0.15) is 12.8 Å². The van der Waals surface area contributed by atoms with Crippen molar-refractivity contribution in [2.75, 3.05) is 20.3 Å². The molecular weight excluding hydrogens is 472 g/mol. The minimum absolute atomic E-state index is 0.0145. The van der Waals surface area contributed by atoms with Crippen LogP contribution in [-0.4, -0.2) is 48.2 Å². The number of carbonyl (C=O) groups is 2. The lowest BCUT2D eigenvalue weighted by Crippen LogP contribution is -2.39. The van der Waals surface area contributed by atoms with Crippen LogP contribution in [0.5, 0.6) is 11.5 Å². The summed E-state index contributed by atoms with van der Waals surface area (Å²) in [5.41, 5.74) is 1.39. The highest BCUT2D eigenvalue weighted by molar-refractivity contribution is 6.39. The number of allylic oxidation sites excluding steroid dienone is 2. The van der Waals surface area contributed by atoms with Crippen LogP contribution >= 0.6 is 23.2 Å². The lowest BCUT2D eigenvalue weighted by molar-refractivity contribution is -0.138. The molecule has 0 radical (unpaired) electrons. The van der Waals surface area contributed by atoms with E-state index >= 15 is 0 Å². The molecule has 2 amide bonds. The van der Waals surface area contributed by atoms with Gasteiger partial charge in [0.15, 0.2) is 11.5 Å². The number of imide groups is 1. The minimum Gasteiger partial charge on any atom is -0.492 e. The number of fused-ring (bicyclic) bond motifs is 1. The first-order valence-electron chi connectivity index (χ1n) is 10.2. The molecule has 1 saturated heterocycles. The molecule has 1 fully saturated rings. The Morgan fingerprint density at radius 1 is 1.09 bits per heavy atom. The Hall–Kier alpha value is -2.87. The Balaban J connectivity index is 1.54. The molecule has 2 aromatic carbocycles. The Bertz CT molecular complexity index is 1140. The fourth-order valence-corrected chi connectivity index (χ4v) is 4.51. The highest BCUT2D eigenvalue weighted by atomic mass is 35.5. The minimum atomic E-state index is -1.21. The Kier molecular flexibility index (Phi) is 6.74. The molecule has 1 aliphatic heterocycles. The third kappa shape index (κ3) is 4.49. The number of carbonyl (C=O) groups excluding carboxylic acids is 2. The standard InChI is InChI=1S/C24H20Cl2FNO5/c1-32-22-17(21-18(25)7-4-8-19(21)26)9-13(27)10-20(22)33-12-14(29)11-28-23(30)15-5-2-3-6-16(15)24(28)31/h4-10,14,29H,2-3,11-12H2,1H3/t14-/m1/s1. The number of aliphatic hydroxyl groups is 1. The van der Waals surface area contributed by atoms with Gasteiger partial charge < -0.3 is 14.6 Å². The van der Waals surface area contributed by atoms with E-state index in [0.717, 1.165) is 11.0 Å². The molecule has 0 saturated carbocycles. The zero-order chi connectivity index (χ0) is 23.7. The number of β-amino-alcohol motifs (C(OH)–C–C–N with tert-alkyl or cyclic N) is 1. The van der Waals surface area contributed by atoms with Gasteiger partial charge in [-0.05, 0) is 31.0 Å². The average molecular weight is 492 g/mol. The van der Waals surface area contributed by atoms with Gasteiger partial charge in [0.1, 0.15) is 18.5 Å². The van der Waals surface area contributed by atoms with Crippen molar-refractivity contribution in [3.63, 3.8) is 0 Å². The summed E-state index contributed by atoms with van der Waals surface area (Å²) >= 11 is 12.6. The number of rotatable bonds is 7. The second-order valence-corrected chi connectivity index (χ2v) is 8.39. The number of methoxy groups -OCH3 is 1. The van der Waals surface area contributed by atoms with Crippen molar-refractivity contribution in [2.45, 2.75) is 18.9 Å². The largest absolute Gasteiger partial charge is 0.492 e. The van der Waals surface area contributed by atoms with E-state index in [4.69, 9.17) is 32.7 Å². The zero-order valence-electron chi connectivity index (χ0n) is 17.6. The zero-order valence-corrected chi connectivity index (χ0v) is 19.1. The van der Waals surface area contributed by atoms with Crippen molar-refractivity contribution in [3.8, 4) is 22.6 Å². The Morgan fingerprint density at radius 3 is 2.27 bits per heavy atom. The van der Waals surface area contributed by atoms with Crippen molar-refractivity contribution < 1.29 is 28.6 Å². The molecular formula is C24H20Cl2FNO5. The molecule has 1 heterocycles. The Morgan fingerprint density at radius 2 is 1.70 bits per heavy atom. The van der Waals surface area contributed by atoms with Crippen molar-refractivity contribution >= 4 is 35.0 Å². The molecule has 0 unspecified atom stereocenters. The quantitative estimate of drug-likeness (QED) is 0.574. The van der Waals surface area contributed by atoms with E-state index in [1.54, 1.807) is 30.4 Å². The fraction of sp³-hybridized carbons (Fsp3) is 0.250. The van der Waals surface area contributed by atoms with Crippen molar-refractivity contribution in [3.05, 3.63) is 69.5 Å². The molecule has 1 aliphatic carbocycles. The lowest BCUT2D eigenvalue weighted by atomic mass is 10.0. The van der Waals surface area contributed by atoms with Crippen LogP contribution in [0.2, 0.25) is 10.0 Å². The molecule has 33 heavy (non-hydrogen) atoms. The fourth-order valence-electron chi connectivity index (χ4n) is 3.91. The normalized spacial score (nSPS) is 16.3. The molecule has 9 heteroatoms. The predicted octanol–water partition coefficient (Wildman–Crippen LogP) is 4.56. The molecule has 172 valence electrons. The number of hydrogen-bond acceptors (Lipinski definition) is 5. The van der Waals surface area contributed by atoms with Crippen LogP contribution in [0.3, 0.4) is 0 Å². The number of benzene rings is 2. The van der Waals surface area contributed by atoms with Gasteiger partial charge in [-0.25, -0.2) is 4.39 Å². The number of amides is 2. The number of halogens is 3. The smallest absolute Gasteiger partial charge is 0.261 e. The van der Waals surface area contributed by atoms with E-state index in [0.29, 0.717) is 39.6 Å². The summed E-state index contributed by atoms with van der Waals surface area (Å²) in [4.78, 5) is 26.0. The molecule has 0 aromatic heterocycles. The van der Waals surface area contributed by atoms with E-state index < -0.39 is 23.7 Å². The first-order chi connectivity index (χ1) is 15.8. The highest BCUT2D eigenvalue weighted by Gasteiger charge is 2.40. The van der Waals surface area contributed by atoms with Gasteiger partial charge >= 0.3 is 0 Å². The molecule has 1 N–H and O–H groups in total. The maximum absolute atomic E-state index is 14.4. The van der Waals surface area contributed by atoms with Crippen molar-refractivity contribution in [2.24, 2.45) is 0 Å². The van der Waals surface area contributed by atoms with Crippen molar-refractivity contribution in [1.82, 2.24) is 4.90 Å². The van der Waals surface area contributed by atoms with Crippen LogP contribution < -0.4 is 9.47 Å². The summed E-state index contributed by atoms with van der Waals surface area (Å²) in [6.07, 6.45) is 3.64.